The van der Waals surface area contributed by atoms with E-state index in [1.807, 2.05) is 0 Å². The Kier molecular flexibility index (Phi) is 2.05. The molecule has 0 fully saturated rings. The Labute approximate surface area is 71.2 Å². The molecule has 1 amide bonds. The van der Waals surface area contributed by atoms with Gasteiger partial charge in [0.15, 0.2) is 0 Å². The third-order valence-electron chi connectivity index (χ3n) is 1.16. The minimum absolute atomic E-state index is 0.616. The van der Waals surface area contributed by atoms with Gasteiger partial charge in [-0.1, -0.05) is 0 Å². The summed E-state index contributed by atoms with van der Waals surface area (Å²) in [4.78, 5) is 26.2. The summed E-state index contributed by atoms with van der Waals surface area (Å²) in [6.07, 6.45) is 0.724. The zero-order valence-electron chi connectivity index (χ0n) is 6.17. The van der Waals surface area contributed by atoms with E-state index in [0.29, 0.717) is 0 Å². The maximum absolute atomic E-state index is 10.5. The van der Waals surface area contributed by atoms with Gasteiger partial charge in [0, 0.05) is 0 Å². The van der Waals surface area contributed by atoms with E-state index in [1.54, 1.807) is 0 Å². The third kappa shape index (κ3) is 1.67. The first-order valence-corrected chi connectivity index (χ1v) is 3.02. The average Bonchev–Trinajstić information content (AvgIpc) is 2.04. The highest BCUT2D eigenvalue weighted by Crippen LogP contribution is 2.13. The molecule has 8 heteroatoms. The summed E-state index contributed by atoms with van der Waals surface area (Å²) in [7, 11) is 0. The normalized spacial score (nSPS) is 9.54. The van der Waals surface area contributed by atoms with Crippen molar-refractivity contribution < 1.29 is 14.8 Å². The van der Waals surface area contributed by atoms with Crippen LogP contribution in [0.25, 0.3) is 0 Å². The van der Waals surface area contributed by atoms with Crippen molar-refractivity contribution in [3.05, 3.63) is 22.0 Å². The van der Waals surface area contributed by atoms with E-state index in [9.17, 15) is 14.9 Å². The molecule has 68 valence electrons. The highest BCUT2D eigenvalue weighted by Gasteiger charge is 2.20. The van der Waals surface area contributed by atoms with Crippen LogP contribution in [-0.2, 0) is 0 Å². The van der Waals surface area contributed by atoms with Crippen LogP contribution < -0.4 is 5.73 Å². The second kappa shape index (κ2) is 3.01. The van der Waals surface area contributed by atoms with E-state index < -0.39 is 28.2 Å². The molecule has 1 aromatic heterocycles. The summed E-state index contributed by atoms with van der Waals surface area (Å²) < 4.78 is 0. The lowest BCUT2D eigenvalue weighted by Crippen LogP contribution is -2.14. The Hall–Kier alpha value is -2.25. The maximum atomic E-state index is 10.5. The minimum atomic E-state index is -1.08. The predicted octanol–water partition coefficient (Wildman–Crippen LogP) is -0.811. The largest absolute Gasteiger partial charge is 0.490 e. The van der Waals surface area contributed by atoms with Crippen LogP contribution in [0.2, 0.25) is 0 Å². The van der Waals surface area contributed by atoms with E-state index in [-0.39, 0.29) is 0 Å². The molecule has 0 spiro atoms. The molecule has 8 nitrogen and oxygen atoms in total. The van der Waals surface area contributed by atoms with Crippen molar-refractivity contribution in [2.45, 2.75) is 0 Å². The van der Waals surface area contributed by atoms with Gasteiger partial charge in [-0.2, -0.15) is 0 Å². The number of nitrogens with zero attached hydrogens (tertiary/aromatic N) is 3. The molecule has 0 aromatic carbocycles. The van der Waals surface area contributed by atoms with Gasteiger partial charge in [-0.05, 0) is 9.91 Å². The summed E-state index contributed by atoms with van der Waals surface area (Å²) in [6.45, 7) is 0. The molecule has 3 N–H and O–H groups in total. The molecular formula is C5H4N4O4. The smallest absolute Gasteiger partial charge is 0.383 e. The van der Waals surface area contributed by atoms with Gasteiger partial charge in [0.05, 0.1) is 0 Å². The lowest BCUT2D eigenvalue weighted by Gasteiger charge is -1.94. The number of hydrogen-bond acceptors (Lipinski definition) is 6. The monoisotopic (exact) mass is 184 g/mol. The number of hydrogen-bond donors (Lipinski definition) is 2. The first-order chi connectivity index (χ1) is 6.02. The number of aromatic hydroxyl groups is 1. The third-order valence-corrected chi connectivity index (χ3v) is 1.16. The second-order valence-electron chi connectivity index (χ2n) is 2.02. The van der Waals surface area contributed by atoms with Crippen LogP contribution in [0, 0.1) is 10.1 Å². The van der Waals surface area contributed by atoms with Crippen LogP contribution in [0.4, 0.5) is 5.82 Å². The van der Waals surface area contributed by atoms with Gasteiger partial charge in [-0.25, -0.2) is 4.98 Å². The topological polar surface area (TPSA) is 132 Å². The van der Waals surface area contributed by atoms with E-state index in [2.05, 4.69) is 9.97 Å². The highest BCUT2D eigenvalue weighted by atomic mass is 16.6. The van der Waals surface area contributed by atoms with Crippen molar-refractivity contribution >= 4 is 11.7 Å². The first-order valence-electron chi connectivity index (χ1n) is 3.02. The van der Waals surface area contributed by atoms with Crippen molar-refractivity contribution in [3.63, 3.8) is 0 Å². The van der Waals surface area contributed by atoms with Crippen molar-refractivity contribution in [3.8, 4) is 5.88 Å². The van der Waals surface area contributed by atoms with Gasteiger partial charge in [0.2, 0.25) is 0 Å². The standard InChI is InChI=1S/C5H4N4O4/c6-4(10)3-5(11)7-1-2(8-3)9(12)13/h1H,(H2,6,10)(H,7,11). The van der Waals surface area contributed by atoms with Gasteiger partial charge < -0.3 is 21.0 Å². The van der Waals surface area contributed by atoms with Crippen LogP contribution in [0.5, 0.6) is 5.88 Å². The number of nitro groups is 1. The fourth-order valence-electron chi connectivity index (χ4n) is 0.627. The molecule has 1 heterocycles. The zero-order valence-corrected chi connectivity index (χ0v) is 6.17. The van der Waals surface area contributed by atoms with Crippen LogP contribution in [-0.4, -0.2) is 25.9 Å². The first kappa shape index (κ1) is 8.84. The molecule has 1 aromatic rings. The van der Waals surface area contributed by atoms with Crippen molar-refractivity contribution in [1.29, 1.82) is 0 Å². The van der Waals surface area contributed by atoms with Crippen LogP contribution in [0.1, 0.15) is 10.5 Å². The molecule has 13 heavy (non-hydrogen) atoms. The molecule has 0 saturated carbocycles. The second-order valence-corrected chi connectivity index (χ2v) is 2.02. The number of nitrogens with two attached hydrogens (primary N) is 1. The number of carbonyl (C=O) groups is 1. The summed E-state index contributed by atoms with van der Waals surface area (Å²) in [5.41, 5.74) is 4.14. The van der Waals surface area contributed by atoms with Crippen molar-refractivity contribution in [2.75, 3.05) is 0 Å². The lowest BCUT2D eigenvalue weighted by molar-refractivity contribution is -0.389. The number of amides is 1. The van der Waals surface area contributed by atoms with E-state index in [4.69, 9.17) is 10.8 Å². The van der Waals surface area contributed by atoms with Gasteiger partial charge in [-0.15, -0.1) is 0 Å². The Bertz CT molecular complexity index is 377. The summed E-state index contributed by atoms with van der Waals surface area (Å²) >= 11 is 0. The minimum Gasteiger partial charge on any atom is -0.490 e. The molecule has 0 bridgehead atoms. The fourth-order valence-corrected chi connectivity index (χ4v) is 0.627. The molecule has 0 aliphatic rings. The molecule has 0 aliphatic carbocycles. The SMILES string of the molecule is NC(=O)c1nc([N+](=O)[O-])cnc1O. The Morgan fingerprint density at radius 2 is 2.31 bits per heavy atom. The average molecular weight is 184 g/mol. The predicted molar refractivity (Wildman–Crippen MR) is 38.9 cm³/mol. The molecule has 0 atom stereocenters. The molecule has 0 saturated heterocycles. The number of aromatic nitrogens is 2. The van der Waals surface area contributed by atoms with E-state index >= 15 is 0 Å². The van der Waals surface area contributed by atoms with Gasteiger partial charge in [-0.3, -0.25) is 4.79 Å². The van der Waals surface area contributed by atoms with Crippen LogP contribution >= 0.6 is 0 Å². The Balaban J connectivity index is 3.27. The van der Waals surface area contributed by atoms with Crippen molar-refractivity contribution in [1.82, 2.24) is 9.97 Å². The fraction of sp³-hybridized carbons (Fsp3) is 0. The molecule has 0 aliphatic heterocycles. The quantitative estimate of drug-likeness (QED) is 0.456. The molecular weight excluding hydrogens is 180 g/mol. The van der Waals surface area contributed by atoms with Gasteiger partial charge in [0.1, 0.15) is 6.20 Å². The Morgan fingerprint density at radius 1 is 1.69 bits per heavy atom. The van der Waals surface area contributed by atoms with Crippen LogP contribution in [0.3, 0.4) is 0 Å². The lowest BCUT2D eigenvalue weighted by atomic mass is 10.4. The van der Waals surface area contributed by atoms with Gasteiger partial charge in [0.25, 0.3) is 11.8 Å². The number of primary amides is 1. The molecule has 0 unspecified atom stereocenters. The highest BCUT2D eigenvalue weighted by molar-refractivity contribution is 5.92. The summed E-state index contributed by atoms with van der Waals surface area (Å²) in [5.74, 6) is -2.45. The Morgan fingerprint density at radius 3 is 2.77 bits per heavy atom. The van der Waals surface area contributed by atoms with E-state index in [1.165, 1.54) is 0 Å². The van der Waals surface area contributed by atoms with Gasteiger partial charge >= 0.3 is 11.5 Å². The zero-order chi connectivity index (χ0) is 10.0. The number of carbonyl (C=O) groups excluding carboxylic acids is 1. The molecule has 0 radical (unpaired) electrons. The van der Waals surface area contributed by atoms with E-state index in [0.717, 1.165) is 6.20 Å². The summed E-state index contributed by atoms with van der Waals surface area (Å²) in [6, 6.07) is 0. The van der Waals surface area contributed by atoms with Crippen molar-refractivity contribution in [2.24, 2.45) is 5.73 Å². The van der Waals surface area contributed by atoms with Crippen LogP contribution in [0.15, 0.2) is 6.20 Å². The molecule has 1 rings (SSSR count). The summed E-state index contributed by atoms with van der Waals surface area (Å²) in [5, 5.41) is 19.0. The number of rotatable bonds is 2. The maximum Gasteiger partial charge on any atom is 0.383 e.